The van der Waals surface area contributed by atoms with Gasteiger partial charge in [-0.3, -0.25) is 9.78 Å². The van der Waals surface area contributed by atoms with E-state index < -0.39 is 0 Å². The fraction of sp³-hybridized carbons (Fsp3) is 0.500. The molecule has 0 aromatic carbocycles. The zero-order chi connectivity index (χ0) is 12.0. The third kappa shape index (κ3) is 3.98. The normalized spacial score (nSPS) is 10.2. The Balaban J connectivity index is 2.50. The molecule has 88 valence electrons. The summed E-state index contributed by atoms with van der Waals surface area (Å²) in [6.45, 7) is 5.02. The molecule has 0 saturated heterocycles. The smallest absolute Gasteiger partial charge is 0.248 e. The number of aromatic nitrogens is 1. The molecule has 0 aliphatic carbocycles. The second-order valence-electron chi connectivity index (χ2n) is 3.66. The van der Waals surface area contributed by atoms with Gasteiger partial charge in [-0.25, -0.2) is 0 Å². The van der Waals surface area contributed by atoms with E-state index in [1.54, 1.807) is 11.9 Å². The number of aryl methyl sites for hydroxylation is 1. The first-order chi connectivity index (χ1) is 7.63. The first-order valence-corrected chi connectivity index (χ1v) is 5.37. The van der Waals surface area contributed by atoms with Gasteiger partial charge < -0.3 is 9.64 Å². The molecule has 0 saturated carbocycles. The Hall–Kier alpha value is -1.42. The number of ether oxygens (including phenoxy) is 1. The van der Waals surface area contributed by atoms with Gasteiger partial charge in [-0.2, -0.15) is 0 Å². The van der Waals surface area contributed by atoms with Crippen molar-refractivity contribution in [3.63, 3.8) is 0 Å². The van der Waals surface area contributed by atoms with Crippen molar-refractivity contribution in [1.29, 1.82) is 0 Å². The van der Waals surface area contributed by atoms with Crippen LogP contribution >= 0.6 is 0 Å². The molecule has 0 unspecified atom stereocenters. The number of nitrogens with zero attached hydrogens (tertiary/aromatic N) is 2. The summed E-state index contributed by atoms with van der Waals surface area (Å²) in [7, 11) is 1.76. The molecule has 4 heteroatoms. The van der Waals surface area contributed by atoms with Crippen molar-refractivity contribution in [2.24, 2.45) is 0 Å². The molecule has 1 amide bonds. The number of rotatable bonds is 5. The van der Waals surface area contributed by atoms with E-state index in [1.165, 1.54) is 0 Å². The standard InChI is InChI=1S/C12H18N2O2/c1-4-16-9-12(15)14(3)8-11-7-5-6-10(2)13-11/h5-7H,4,8-9H2,1-3H3. The van der Waals surface area contributed by atoms with Gasteiger partial charge in [-0.15, -0.1) is 0 Å². The minimum atomic E-state index is -0.0230. The Morgan fingerprint density at radius 1 is 1.50 bits per heavy atom. The molecule has 1 heterocycles. The van der Waals surface area contributed by atoms with Crippen molar-refractivity contribution in [1.82, 2.24) is 9.88 Å². The topological polar surface area (TPSA) is 42.4 Å². The van der Waals surface area contributed by atoms with Crippen LogP contribution in [-0.4, -0.2) is 36.1 Å². The maximum absolute atomic E-state index is 11.6. The van der Waals surface area contributed by atoms with Gasteiger partial charge in [0.2, 0.25) is 5.91 Å². The number of hydrogen-bond acceptors (Lipinski definition) is 3. The minimum Gasteiger partial charge on any atom is -0.372 e. The second-order valence-corrected chi connectivity index (χ2v) is 3.66. The van der Waals surface area contributed by atoms with Crippen LogP contribution in [0.3, 0.4) is 0 Å². The van der Waals surface area contributed by atoms with Crippen LogP contribution in [0.2, 0.25) is 0 Å². The van der Waals surface area contributed by atoms with E-state index in [2.05, 4.69) is 4.98 Å². The van der Waals surface area contributed by atoms with Crippen LogP contribution in [0.15, 0.2) is 18.2 Å². The van der Waals surface area contributed by atoms with E-state index in [-0.39, 0.29) is 12.5 Å². The lowest BCUT2D eigenvalue weighted by atomic mass is 10.3. The van der Waals surface area contributed by atoms with E-state index in [1.807, 2.05) is 32.0 Å². The van der Waals surface area contributed by atoms with Gasteiger partial charge in [-0.05, 0) is 26.0 Å². The molecule has 4 nitrogen and oxygen atoms in total. The fourth-order valence-electron chi connectivity index (χ4n) is 1.32. The Morgan fingerprint density at radius 3 is 2.88 bits per heavy atom. The second kappa shape index (κ2) is 6.23. The van der Waals surface area contributed by atoms with Gasteiger partial charge in [0, 0.05) is 19.3 Å². The highest BCUT2D eigenvalue weighted by atomic mass is 16.5. The van der Waals surface area contributed by atoms with Gasteiger partial charge >= 0.3 is 0 Å². The number of hydrogen-bond donors (Lipinski definition) is 0. The largest absolute Gasteiger partial charge is 0.372 e. The predicted octanol–water partition coefficient (Wildman–Crippen LogP) is 1.38. The molecule has 16 heavy (non-hydrogen) atoms. The lowest BCUT2D eigenvalue weighted by Crippen LogP contribution is -2.30. The van der Waals surface area contributed by atoms with Gasteiger partial charge in [0.1, 0.15) is 6.61 Å². The maximum Gasteiger partial charge on any atom is 0.248 e. The summed E-state index contributed by atoms with van der Waals surface area (Å²) in [4.78, 5) is 17.5. The molecule has 0 bridgehead atoms. The number of pyridine rings is 1. The molecule has 0 aliphatic heterocycles. The zero-order valence-corrected chi connectivity index (χ0v) is 10.1. The van der Waals surface area contributed by atoms with Gasteiger partial charge in [0.25, 0.3) is 0 Å². The van der Waals surface area contributed by atoms with E-state index >= 15 is 0 Å². The van der Waals surface area contributed by atoms with Crippen molar-refractivity contribution in [2.45, 2.75) is 20.4 Å². The lowest BCUT2D eigenvalue weighted by molar-refractivity contribution is -0.135. The average Bonchev–Trinajstić information content (AvgIpc) is 2.25. The van der Waals surface area contributed by atoms with Crippen LogP contribution < -0.4 is 0 Å². The average molecular weight is 222 g/mol. The summed E-state index contributed by atoms with van der Waals surface area (Å²) in [5, 5.41) is 0. The summed E-state index contributed by atoms with van der Waals surface area (Å²) in [5.41, 5.74) is 1.86. The van der Waals surface area contributed by atoms with Crippen LogP contribution in [-0.2, 0) is 16.1 Å². The van der Waals surface area contributed by atoms with Crippen molar-refractivity contribution in [2.75, 3.05) is 20.3 Å². The molecule has 0 spiro atoms. The van der Waals surface area contributed by atoms with Crippen molar-refractivity contribution in [3.05, 3.63) is 29.6 Å². The van der Waals surface area contributed by atoms with Crippen LogP contribution in [0.1, 0.15) is 18.3 Å². The summed E-state index contributed by atoms with van der Waals surface area (Å²) in [5.74, 6) is -0.0230. The van der Waals surface area contributed by atoms with Crippen LogP contribution in [0.5, 0.6) is 0 Å². The molecule has 1 rings (SSSR count). The van der Waals surface area contributed by atoms with E-state index in [4.69, 9.17) is 4.74 Å². The highest BCUT2D eigenvalue weighted by Gasteiger charge is 2.09. The quantitative estimate of drug-likeness (QED) is 0.756. The van der Waals surface area contributed by atoms with E-state index in [0.717, 1.165) is 11.4 Å². The Labute approximate surface area is 96.2 Å². The molecular weight excluding hydrogens is 204 g/mol. The molecule has 0 N–H and O–H groups in total. The third-order valence-electron chi connectivity index (χ3n) is 2.20. The molecular formula is C12H18N2O2. The van der Waals surface area contributed by atoms with Crippen molar-refractivity contribution >= 4 is 5.91 Å². The van der Waals surface area contributed by atoms with E-state index in [9.17, 15) is 4.79 Å². The minimum absolute atomic E-state index is 0.0230. The Morgan fingerprint density at radius 2 is 2.25 bits per heavy atom. The highest BCUT2D eigenvalue weighted by molar-refractivity contribution is 5.77. The molecule has 1 aromatic heterocycles. The first-order valence-electron chi connectivity index (χ1n) is 5.37. The zero-order valence-electron chi connectivity index (χ0n) is 10.1. The SMILES string of the molecule is CCOCC(=O)N(C)Cc1cccc(C)n1. The molecule has 1 aromatic rings. The fourth-order valence-corrected chi connectivity index (χ4v) is 1.32. The molecule has 0 atom stereocenters. The highest BCUT2D eigenvalue weighted by Crippen LogP contribution is 2.02. The Kier molecular flexibility index (Phi) is 4.92. The summed E-state index contributed by atoms with van der Waals surface area (Å²) in [6.07, 6.45) is 0. The lowest BCUT2D eigenvalue weighted by Gasteiger charge is -2.16. The molecule has 0 fully saturated rings. The number of amides is 1. The van der Waals surface area contributed by atoms with Crippen molar-refractivity contribution in [3.8, 4) is 0 Å². The van der Waals surface area contributed by atoms with Gasteiger partial charge in [0.05, 0.1) is 12.2 Å². The van der Waals surface area contributed by atoms with Gasteiger partial charge in [-0.1, -0.05) is 6.07 Å². The third-order valence-corrected chi connectivity index (χ3v) is 2.20. The van der Waals surface area contributed by atoms with Gasteiger partial charge in [0.15, 0.2) is 0 Å². The molecule has 0 aliphatic rings. The summed E-state index contributed by atoms with van der Waals surface area (Å²) in [6, 6.07) is 5.79. The van der Waals surface area contributed by atoms with Crippen LogP contribution in [0.4, 0.5) is 0 Å². The van der Waals surface area contributed by atoms with Crippen LogP contribution in [0, 0.1) is 6.92 Å². The van der Waals surface area contributed by atoms with E-state index in [0.29, 0.717) is 13.2 Å². The van der Waals surface area contributed by atoms with Crippen LogP contribution in [0.25, 0.3) is 0 Å². The number of likely N-dealkylation sites (N-methyl/N-ethyl adjacent to an activating group) is 1. The predicted molar refractivity (Wildman–Crippen MR) is 61.9 cm³/mol. The Bertz CT molecular complexity index is 353. The maximum atomic E-state index is 11.6. The summed E-state index contributed by atoms with van der Waals surface area (Å²) < 4.78 is 5.07. The number of carbonyl (C=O) groups excluding carboxylic acids is 1. The van der Waals surface area contributed by atoms with Crippen molar-refractivity contribution < 1.29 is 9.53 Å². The molecule has 0 radical (unpaired) electrons. The monoisotopic (exact) mass is 222 g/mol. The first kappa shape index (κ1) is 12.6. The number of carbonyl (C=O) groups is 1. The summed E-state index contributed by atoms with van der Waals surface area (Å²) >= 11 is 0.